The molecule has 350 valence electrons. The molecule has 0 spiro atoms. The van der Waals surface area contributed by atoms with Gasteiger partial charge in [-0.3, -0.25) is 14.4 Å². The molecule has 59 heavy (non-hydrogen) atoms. The number of hydrogen-bond acceptors (Lipinski definition) is 6. The molecule has 0 heterocycles. The van der Waals surface area contributed by atoms with E-state index < -0.39 is 6.10 Å². The lowest BCUT2D eigenvalue weighted by molar-refractivity contribution is -0.167. The minimum Gasteiger partial charge on any atom is -0.462 e. The van der Waals surface area contributed by atoms with Crippen LogP contribution in [0, 0.1) is 11.8 Å². The Morgan fingerprint density at radius 3 is 0.831 bits per heavy atom. The average Bonchev–Trinajstić information content (AvgIpc) is 3.20. The van der Waals surface area contributed by atoms with Crippen molar-refractivity contribution in [1.82, 2.24) is 0 Å². The van der Waals surface area contributed by atoms with Gasteiger partial charge in [0.2, 0.25) is 0 Å². The highest BCUT2D eigenvalue weighted by atomic mass is 16.6. The van der Waals surface area contributed by atoms with E-state index in [2.05, 4.69) is 34.6 Å². The van der Waals surface area contributed by atoms with Gasteiger partial charge in [-0.25, -0.2) is 0 Å². The summed E-state index contributed by atoms with van der Waals surface area (Å²) >= 11 is 0. The van der Waals surface area contributed by atoms with Gasteiger partial charge < -0.3 is 14.2 Å². The van der Waals surface area contributed by atoms with Crippen LogP contribution in [0.25, 0.3) is 0 Å². The molecule has 1 atom stereocenters. The lowest BCUT2D eigenvalue weighted by Gasteiger charge is -2.18. The van der Waals surface area contributed by atoms with Crippen LogP contribution in [0.4, 0.5) is 0 Å². The van der Waals surface area contributed by atoms with Gasteiger partial charge in [0.25, 0.3) is 0 Å². The smallest absolute Gasteiger partial charge is 0.306 e. The molecule has 0 aliphatic carbocycles. The molecule has 0 aromatic carbocycles. The van der Waals surface area contributed by atoms with Crippen molar-refractivity contribution < 1.29 is 28.6 Å². The quantitative estimate of drug-likeness (QED) is 0.0345. The molecule has 6 heteroatoms. The molecule has 0 aromatic heterocycles. The highest BCUT2D eigenvalue weighted by molar-refractivity contribution is 5.71. The van der Waals surface area contributed by atoms with Crippen molar-refractivity contribution in [3.05, 3.63) is 0 Å². The van der Waals surface area contributed by atoms with E-state index in [-0.39, 0.29) is 31.1 Å². The Bertz CT molecular complexity index is 900. The number of carbonyl (C=O) groups excluding carboxylic acids is 3. The molecule has 0 radical (unpaired) electrons. The molecule has 0 N–H and O–H groups in total. The standard InChI is InChI=1S/C53H102O6/c1-6-7-8-9-10-11-12-13-14-18-21-24-27-33-38-43-51(54)57-46-50(47-58-52(55)44-39-34-30-29-32-37-42-49(4)5)59-53(56)45-40-35-28-25-22-19-16-15-17-20-23-26-31-36-41-48(2)3/h48-50H,6-47H2,1-5H3/t50-/m1/s1. The van der Waals surface area contributed by atoms with Crippen LogP contribution in [-0.4, -0.2) is 37.2 Å². The average molecular weight is 835 g/mol. The molecule has 0 unspecified atom stereocenters. The van der Waals surface area contributed by atoms with Gasteiger partial charge in [0.1, 0.15) is 13.2 Å². The molecule has 0 aliphatic heterocycles. The van der Waals surface area contributed by atoms with Crippen molar-refractivity contribution in [3.8, 4) is 0 Å². The first-order chi connectivity index (χ1) is 28.7. The first-order valence-electron chi connectivity index (χ1n) is 26.2. The second kappa shape index (κ2) is 45.9. The number of hydrogen-bond donors (Lipinski definition) is 0. The van der Waals surface area contributed by atoms with E-state index in [4.69, 9.17) is 14.2 Å². The second-order valence-corrected chi connectivity index (χ2v) is 19.1. The van der Waals surface area contributed by atoms with Gasteiger partial charge in [-0.2, -0.15) is 0 Å². The minimum absolute atomic E-state index is 0.0642. The van der Waals surface area contributed by atoms with E-state index in [0.29, 0.717) is 19.3 Å². The van der Waals surface area contributed by atoms with E-state index in [1.54, 1.807) is 0 Å². The van der Waals surface area contributed by atoms with Crippen molar-refractivity contribution in [2.75, 3.05) is 13.2 Å². The summed E-state index contributed by atoms with van der Waals surface area (Å²) in [6, 6.07) is 0. The van der Waals surface area contributed by atoms with Gasteiger partial charge in [-0.15, -0.1) is 0 Å². The van der Waals surface area contributed by atoms with E-state index in [1.807, 2.05) is 0 Å². The van der Waals surface area contributed by atoms with Gasteiger partial charge in [0.05, 0.1) is 0 Å². The van der Waals surface area contributed by atoms with Crippen LogP contribution in [0.5, 0.6) is 0 Å². The predicted molar refractivity (Wildman–Crippen MR) is 252 cm³/mol. The molecule has 0 saturated carbocycles. The molecule has 0 saturated heterocycles. The van der Waals surface area contributed by atoms with Gasteiger partial charge in [-0.1, -0.05) is 253 Å². The molecular formula is C53H102O6. The zero-order valence-corrected chi connectivity index (χ0v) is 40.4. The number of rotatable bonds is 47. The molecule has 0 bridgehead atoms. The van der Waals surface area contributed by atoms with Crippen molar-refractivity contribution in [2.45, 2.75) is 298 Å². The summed E-state index contributed by atoms with van der Waals surface area (Å²) in [5, 5.41) is 0. The normalized spacial score (nSPS) is 12.1. The summed E-state index contributed by atoms with van der Waals surface area (Å²) in [5.74, 6) is 0.755. The molecule has 0 aromatic rings. The van der Waals surface area contributed by atoms with Crippen molar-refractivity contribution >= 4 is 17.9 Å². The summed E-state index contributed by atoms with van der Waals surface area (Å²) in [5.41, 5.74) is 0. The van der Waals surface area contributed by atoms with Gasteiger partial charge >= 0.3 is 17.9 Å². The highest BCUT2D eigenvalue weighted by Gasteiger charge is 2.19. The van der Waals surface area contributed by atoms with Gasteiger partial charge in [0.15, 0.2) is 6.10 Å². The Morgan fingerprint density at radius 1 is 0.322 bits per heavy atom. The summed E-state index contributed by atoms with van der Waals surface area (Å²) in [7, 11) is 0. The molecule has 0 aliphatic rings. The fraction of sp³-hybridized carbons (Fsp3) is 0.943. The van der Waals surface area contributed by atoms with Crippen LogP contribution in [0.2, 0.25) is 0 Å². The van der Waals surface area contributed by atoms with Gasteiger partial charge in [-0.05, 0) is 31.1 Å². The van der Waals surface area contributed by atoms with Gasteiger partial charge in [0, 0.05) is 19.3 Å². The molecule has 6 nitrogen and oxygen atoms in total. The number of unbranched alkanes of at least 4 members (excludes halogenated alkanes) is 32. The Labute approximate surface area is 368 Å². The maximum absolute atomic E-state index is 12.8. The molecule has 0 fully saturated rings. The SMILES string of the molecule is CCCCCCCCCCCCCCCCCC(=O)OC[C@H](COC(=O)CCCCCCCCC(C)C)OC(=O)CCCCCCCCCCCCCCCCC(C)C. The van der Waals surface area contributed by atoms with Crippen molar-refractivity contribution in [1.29, 1.82) is 0 Å². The Kier molecular flexibility index (Phi) is 44.7. The Balaban J connectivity index is 4.26. The predicted octanol–water partition coefficient (Wildman–Crippen LogP) is 16.9. The van der Waals surface area contributed by atoms with Crippen LogP contribution in [0.15, 0.2) is 0 Å². The van der Waals surface area contributed by atoms with Crippen LogP contribution >= 0.6 is 0 Å². The maximum Gasteiger partial charge on any atom is 0.306 e. The Morgan fingerprint density at radius 2 is 0.559 bits per heavy atom. The third kappa shape index (κ3) is 47.3. The maximum atomic E-state index is 12.8. The number of carbonyl (C=O) groups is 3. The van der Waals surface area contributed by atoms with Crippen molar-refractivity contribution in [2.24, 2.45) is 11.8 Å². The minimum atomic E-state index is -0.762. The van der Waals surface area contributed by atoms with E-state index >= 15 is 0 Å². The summed E-state index contributed by atoms with van der Waals surface area (Å²) < 4.78 is 16.8. The first-order valence-corrected chi connectivity index (χ1v) is 26.2. The number of ether oxygens (including phenoxy) is 3. The van der Waals surface area contributed by atoms with Crippen LogP contribution in [0.3, 0.4) is 0 Å². The topological polar surface area (TPSA) is 78.9 Å². The van der Waals surface area contributed by atoms with E-state index in [0.717, 1.165) is 69.6 Å². The third-order valence-corrected chi connectivity index (χ3v) is 12.0. The van der Waals surface area contributed by atoms with Crippen LogP contribution in [-0.2, 0) is 28.6 Å². The Hall–Kier alpha value is -1.59. The second-order valence-electron chi connectivity index (χ2n) is 19.1. The number of esters is 3. The zero-order valence-electron chi connectivity index (χ0n) is 40.4. The lowest BCUT2D eigenvalue weighted by atomic mass is 10.0. The third-order valence-electron chi connectivity index (χ3n) is 12.0. The van der Waals surface area contributed by atoms with Crippen LogP contribution < -0.4 is 0 Å². The fourth-order valence-corrected chi connectivity index (χ4v) is 7.99. The van der Waals surface area contributed by atoms with Crippen LogP contribution in [0.1, 0.15) is 291 Å². The highest BCUT2D eigenvalue weighted by Crippen LogP contribution is 2.17. The molecule has 0 rings (SSSR count). The van der Waals surface area contributed by atoms with Crippen molar-refractivity contribution in [3.63, 3.8) is 0 Å². The van der Waals surface area contributed by atoms with E-state index in [1.165, 1.54) is 180 Å². The first kappa shape index (κ1) is 57.4. The molecular weight excluding hydrogens is 733 g/mol. The summed E-state index contributed by atoms with van der Waals surface area (Å²) in [4.78, 5) is 37.9. The van der Waals surface area contributed by atoms with E-state index in [9.17, 15) is 14.4 Å². The molecule has 0 amide bonds. The zero-order chi connectivity index (χ0) is 43.3. The fourth-order valence-electron chi connectivity index (χ4n) is 7.99. The summed E-state index contributed by atoms with van der Waals surface area (Å²) in [6.45, 7) is 11.3. The largest absolute Gasteiger partial charge is 0.462 e. The summed E-state index contributed by atoms with van der Waals surface area (Å²) in [6.07, 6.45) is 46.7. The lowest BCUT2D eigenvalue weighted by Crippen LogP contribution is -2.30. The monoisotopic (exact) mass is 835 g/mol.